The Morgan fingerprint density at radius 1 is 1.17 bits per heavy atom. The smallest absolute Gasteiger partial charge is 0.116 e. The maximum absolute atomic E-state index is 8.81. The van der Waals surface area contributed by atoms with Crippen LogP contribution < -0.4 is 5.32 Å². The number of aldehydes is 1. The van der Waals surface area contributed by atoms with Crippen molar-refractivity contribution in [1.29, 1.82) is 0 Å². The molecule has 1 saturated heterocycles. The van der Waals surface area contributed by atoms with Crippen LogP contribution in [0, 0.1) is 5.92 Å². The number of likely N-dealkylation sites (N-methyl/N-ethyl adjacent to an activating group) is 1. The Labute approximate surface area is 212 Å². The molecule has 0 spiro atoms. The van der Waals surface area contributed by atoms with Gasteiger partial charge in [-0.15, -0.1) is 0 Å². The Morgan fingerprint density at radius 2 is 1.97 bits per heavy atom. The second kappa shape index (κ2) is 10.7. The van der Waals surface area contributed by atoms with Crippen molar-refractivity contribution in [3.05, 3.63) is 54.1 Å². The van der Waals surface area contributed by atoms with Crippen LogP contribution in [0.4, 0.5) is 0 Å². The highest BCUT2D eigenvalue weighted by molar-refractivity contribution is 5.97. The Bertz CT molecular complexity index is 1350. The Balaban J connectivity index is 0.000000848. The molecule has 0 atom stereocenters. The van der Waals surface area contributed by atoms with Gasteiger partial charge in [-0.3, -0.25) is 14.3 Å². The van der Waals surface area contributed by atoms with Crippen LogP contribution in [-0.2, 0) is 31.4 Å². The lowest BCUT2D eigenvalue weighted by Gasteiger charge is -2.23. The summed E-state index contributed by atoms with van der Waals surface area (Å²) in [5.41, 5.74) is 7.01. The predicted molar refractivity (Wildman–Crippen MR) is 143 cm³/mol. The average molecular weight is 486 g/mol. The zero-order valence-corrected chi connectivity index (χ0v) is 21.4. The first-order valence-electron chi connectivity index (χ1n) is 12.8. The largest absolute Gasteiger partial charge is 0.317 e. The van der Waals surface area contributed by atoms with E-state index in [1.165, 1.54) is 42.0 Å². The van der Waals surface area contributed by atoms with E-state index in [1.54, 1.807) is 0 Å². The summed E-state index contributed by atoms with van der Waals surface area (Å²) in [7, 11) is 4.25. The van der Waals surface area contributed by atoms with Gasteiger partial charge in [0.1, 0.15) is 6.29 Å². The number of nitrogens with one attached hydrogen (secondary N) is 1. The highest BCUT2D eigenvalue weighted by atomic mass is 16.1. The van der Waals surface area contributed by atoms with Gasteiger partial charge in [-0.1, -0.05) is 18.2 Å². The first-order chi connectivity index (χ1) is 17.6. The van der Waals surface area contributed by atoms with Crippen molar-refractivity contribution < 1.29 is 4.79 Å². The minimum atomic E-state index is 0.703. The number of carbonyl (C=O) groups excluding carboxylic acids is 1. The molecular weight excluding hydrogens is 450 g/mol. The summed E-state index contributed by atoms with van der Waals surface area (Å²) < 4.78 is 4.15. The SMILES string of the molecule is CC=O.CN1CCc2c(c(-c3cccc4cc(-c5cnn(CC6CCNCC6)c5)ncc34)nn2C)C1. The molecule has 0 bridgehead atoms. The molecule has 0 saturated carbocycles. The Morgan fingerprint density at radius 3 is 2.78 bits per heavy atom. The van der Waals surface area contributed by atoms with Gasteiger partial charge in [0.2, 0.25) is 0 Å². The van der Waals surface area contributed by atoms with Gasteiger partial charge in [0, 0.05) is 73.3 Å². The fourth-order valence-electron chi connectivity index (χ4n) is 5.40. The summed E-state index contributed by atoms with van der Waals surface area (Å²) in [6.45, 7) is 6.68. The number of rotatable bonds is 4. The molecule has 8 nitrogen and oxygen atoms in total. The third-order valence-corrected chi connectivity index (χ3v) is 7.29. The van der Waals surface area contributed by atoms with Gasteiger partial charge in [0.15, 0.2) is 0 Å². The zero-order chi connectivity index (χ0) is 25.1. The van der Waals surface area contributed by atoms with Crippen molar-refractivity contribution in [3.8, 4) is 22.5 Å². The van der Waals surface area contributed by atoms with Crippen molar-refractivity contribution in [2.24, 2.45) is 13.0 Å². The van der Waals surface area contributed by atoms with Crippen LogP contribution in [0.3, 0.4) is 0 Å². The number of pyridine rings is 1. The number of carbonyl (C=O) groups is 1. The van der Waals surface area contributed by atoms with Crippen LogP contribution in [-0.4, -0.2) is 62.4 Å². The molecule has 4 aromatic rings. The first kappa shape index (κ1) is 24.3. The number of piperidine rings is 1. The van der Waals surface area contributed by atoms with Gasteiger partial charge in [-0.25, -0.2) is 0 Å². The van der Waals surface area contributed by atoms with Crippen molar-refractivity contribution >= 4 is 17.1 Å². The lowest BCUT2D eigenvalue weighted by atomic mass is 9.97. The molecule has 2 aliphatic heterocycles. The van der Waals surface area contributed by atoms with E-state index in [2.05, 4.69) is 69.2 Å². The monoisotopic (exact) mass is 485 g/mol. The van der Waals surface area contributed by atoms with Gasteiger partial charge in [0.25, 0.3) is 0 Å². The van der Waals surface area contributed by atoms with Crippen molar-refractivity contribution in [3.63, 3.8) is 0 Å². The van der Waals surface area contributed by atoms with Crippen LogP contribution in [0.1, 0.15) is 31.0 Å². The van der Waals surface area contributed by atoms with Crippen LogP contribution in [0.2, 0.25) is 0 Å². The highest BCUT2D eigenvalue weighted by Gasteiger charge is 2.24. The number of fused-ring (bicyclic) bond motifs is 2. The molecule has 5 heterocycles. The molecule has 0 amide bonds. The summed E-state index contributed by atoms with van der Waals surface area (Å²) >= 11 is 0. The van der Waals surface area contributed by atoms with Crippen molar-refractivity contribution in [2.45, 2.75) is 39.3 Å². The molecule has 6 rings (SSSR count). The maximum Gasteiger partial charge on any atom is 0.116 e. The molecule has 1 N–H and O–H groups in total. The number of hydrogen-bond acceptors (Lipinski definition) is 6. The van der Waals surface area contributed by atoms with Crippen molar-refractivity contribution in [1.82, 2.24) is 34.8 Å². The molecule has 1 fully saturated rings. The standard InChI is InChI=1S/C26H31N7.C2H4O/c1-31-11-8-25-23(17-31)26(30-32(25)2)21-5-3-4-19-12-24(28-14-22(19)21)20-13-29-33(16-20)15-18-6-9-27-10-7-18;1-2-3/h3-5,12-14,16,18,27H,6-11,15,17H2,1-2H3;2H,1H3. The zero-order valence-electron chi connectivity index (χ0n) is 21.4. The highest BCUT2D eigenvalue weighted by Crippen LogP contribution is 2.34. The molecule has 0 radical (unpaired) electrons. The first-order valence-corrected chi connectivity index (χ1v) is 12.8. The molecule has 2 aliphatic rings. The van der Waals surface area contributed by atoms with E-state index in [1.807, 2.05) is 12.4 Å². The fourth-order valence-corrected chi connectivity index (χ4v) is 5.40. The molecular formula is C28H35N7O. The summed E-state index contributed by atoms with van der Waals surface area (Å²) in [5.74, 6) is 0.703. The molecule has 0 unspecified atom stereocenters. The number of hydrogen-bond donors (Lipinski definition) is 1. The summed E-state index contributed by atoms with van der Waals surface area (Å²) in [6.07, 6.45) is 10.3. The van der Waals surface area contributed by atoms with E-state index < -0.39 is 0 Å². The molecule has 0 aliphatic carbocycles. The third kappa shape index (κ3) is 4.96. The van der Waals surface area contributed by atoms with E-state index in [9.17, 15) is 0 Å². The second-order valence-corrected chi connectivity index (χ2v) is 9.86. The molecule has 188 valence electrons. The molecule has 8 heteroatoms. The summed E-state index contributed by atoms with van der Waals surface area (Å²) in [6, 6.07) is 8.67. The maximum atomic E-state index is 8.81. The minimum Gasteiger partial charge on any atom is -0.317 e. The van der Waals surface area contributed by atoms with Crippen LogP contribution in [0.25, 0.3) is 33.3 Å². The number of nitrogens with zero attached hydrogens (tertiary/aromatic N) is 6. The molecule has 1 aromatic carbocycles. The lowest BCUT2D eigenvalue weighted by molar-refractivity contribution is -0.106. The molecule has 3 aromatic heterocycles. The predicted octanol–water partition coefficient (Wildman–Crippen LogP) is 3.69. The quantitative estimate of drug-likeness (QED) is 0.444. The van der Waals surface area contributed by atoms with E-state index in [0.29, 0.717) is 5.92 Å². The van der Waals surface area contributed by atoms with Crippen LogP contribution >= 0.6 is 0 Å². The lowest BCUT2D eigenvalue weighted by Crippen LogP contribution is -2.29. The Hall–Kier alpha value is -3.36. The number of aryl methyl sites for hydroxylation is 1. The van der Waals surface area contributed by atoms with E-state index in [-0.39, 0.29) is 0 Å². The average Bonchev–Trinajstić information content (AvgIpc) is 3.48. The number of aromatic nitrogens is 5. The van der Waals surface area contributed by atoms with Gasteiger partial charge in [-0.2, -0.15) is 10.2 Å². The summed E-state index contributed by atoms with van der Waals surface area (Å²) in [5, 5.41) is 15.3. The van der Waals surface area contributed by atoms with Gasteiger partial charge in [-0.05, 0) is 57.3 Å². The minimum absolute atomic E-state index is 0.703. The van der Waals surface area contributed by atoms with E-state index in [4.69, 9.17) is 14.9 Å². The van der Waals surface area contributed by atoms with E-state index in [0.717, 1.165) is 67.8 Å². The fraction of sp³-hybridized carbons (Fsp3) is 0.429. The van der Waals surface area contributed by atoms with E-state index >= 15 is 0 Å². The van der Waals surface area contributed by atoms with Crippen LogP contribution in [0.15, 0.2) is 42.9 Å². The van der Waals surface area contributed by atoms with Crippen molar-refractivity contribution in [2.75, 3.05) is 26.7 Å². The van der Waals surface area contributed by atoms with Gasteiger partial charge >= 0.3 is 0 Å². The van der Waals surface area contributed by atoms with Gasteiger partial charge in [0.05, 0.1) is 17.6 Å². The number of benzene rings is 1. The van der Waals surface area contributed by atoms with Crippen LogP contribution in [0.5, 0.6) is 0 Å². The van der Waals surface area contributed by atoms with Gasteiger partial charge < -0.3 is 15.0 Å². The Kier molecular flexibility index (Phi) is 7.25. The second-order valence-electron chi connectivity index (χ2n) is 9.86. The normalized spacial score (nSPS) is 16.4. The topological polar surface area (TPSA) is 80.9 Å². The molecule has 36 heavy (non-hydrogen) atoms. The third-order valence-electron chi connectivity index (χ3n) is 7.29. The summed E-state index contributed by atoms with van der Waals surface area (Å²) in [4.78, 5) is 16.0.